The first-order valence-electron chi connectivity index (χ1n) is 7.25. The fourth-order valence-corrected chi connectivity index (χ4v) is 2.48. The molecule has 1 aromatic rings. The smallest absolute Gasteiger partial charge is 0.236 e. The summed E-state index contributed by atoms with van der Waals surface area (Å²) < 4.78 is 5.17. The largest absolute Gasteiger partial charge is 0.497 e. The van der Waals surface area contributed by atoms with E-state index in [0.717, 1.165) is 25.1 Å². The first kappa shape index (κ1) is 14.9. The normalized spacial score (nSPS) is 21.1. The van der Waals surface area contributed by atoms with Crippen LogP contribution in [0.3, 0.4) is 0 Å². The van der Waals surface area contributed by atoms with Crippen LogP contribution in [0.4, 0.5) is 0 Å². The molecule has 0 heterocycles. The highest BCUT2D eigenvalue weighted by molar-refractivity contribution is 5.77. The molecule has 1 aromatic carbocycles. The Labute approximate surface area is 121 Å². The number of rotatable bonds is 6. The highest BCUT2D eigenvalue weighted by atomic mass is 16.5. The summed E-state index contributed by atoms with van der Waals surface area (Å²) in [5, 5.41) is 3.34. The third-order valence-corrected chi connectivity index (χ3v) is 4.17. The van der Waals surface area contributed by atoms with E-state index in [-0.39, 0.29) is 5.91 Å². The molecule has 0 radical (unpaired) electrons. The maximum atomic E-state index is 11.7. The second-order valence-electron chi connectivity index (χ2n) is 5.43. The number of hydrogen-bond acceptors (Lipinski definition) is 3. The van der Waals surface area contributed by atoms with E-state index in [2.05, 4.69) is 17.4 Å². The van der Waals surface area contributed by atoms with Crippen molar-refractivity contribution in [1.29, 1.82) is 0 Å². The number of nitrogens with zero attached hydrogens (tertiary/aromatic N) is 1. The average Bonchev–Trinajstić information content (AvgIpc) is 2.45. The molecule has 0 unspecified atom stereocenters. The molecule has 0 aliphatic heterocycles. The van der Waals surface area contributed by atoms with Crippen molar-refractivity contribution in [3.8, 4) is 5.75 Å². The van der Waals surface area contributed by atoms with Gasteiger partial charge in [-0.2, -0.15) is 0 Å². The predicted molar refractivity (Wildman–Crippen MR) is 80.1 cm³/mol. The fraction of sp³-hybridized carbons (Fsp3) is 0.562. The lowest BCUT2D eigenvalue weighted by Gasteiger charge is -2.36. The van der Waals surface area contributed by atoms with Crippen molar-refractivity contribution in [2.75, 3.05) is 27.2 Å². The Hall–Kier alpha value is -1.55. The van der Waals surface area contributed by atoms with Gasteiger partial charge in [0.15, 0.2) is 0 Å². The number of likely N-dealkylation sites (N-methyl/N-ethyl adjacent to an activating group) is 1. The Bertz CT molecular complexity index is 438. The van der Waals surface area contributed by atoms with Gasteiger partial charge in [-0.1, -0.05) is 12.1 Å². The first-order valence-corrected chi connectivity index (χ1v) is 7.25. The average molecular weight is 276 g/mol. The van der Waals surface area contributed by atoms with Crippen LogP contribution in [-0.4, -0.2) is 44.1 Å². The molecular weight excluding hydrogens is 252 g/mol. The molecule has 1 fully saturated rings. The number of ether oxygens (including phenoxy) is 1. The van der Waals surface area contributed by atoms with Crippen LogP contribution in [0.15, 0.2) is 24.3 Å². The topological polar surface area (TPSA) is 41.6 Å². The SMILES string of the molecule is CCN(C)C(=O)CNC1CC(c2ccc(OC)cc2)C1. The molecule has 1 N–H and O–H groups in total. The van der Waals surface area contributed by atoms with Crippen molar-refractivity contribution in [2.24, 2.45) is 0 Å². The van der Waals surface area contributed by atoms with Crippen LogP contribution in [0.1, 0.15) is 31.2 Å². The summed E-state index contributed by atoms with van der Waals surface area (Å²) in [7, 11) is 3.52. The Kier molecular flexibility index (Phi) is 5.01. The van der Waals surface area contributed by atoms with Gasteiger partial charge in [0, 0.05) is 19.6 Å². The number of methoxy groups -OCH3 is 1. The molecule has 0 spiro atoms. The third-order valence-electron chi connectivity index (χ3n) is 4.17. The quantitative estimate of drug-likeness (QED) is 0.864. The van der Waals surface area contributed by atoms with Gasteiger partial charge in [0.1, 0.15) is 5.75 Å². The Morgan fingerprint density at radius 1 is 1.35 bits per heavy atom. The summed E-state index contributed by atoms with van der Waals surface area (Å²) >= 11 is 0. The Balaban J connectivity index is 1.72. The van der Waals surface area contributed by atoms with E-state index < -0.39 is 0 Å². The molecule has 2 rings (SSSR count). The number of benzene rings is 1. The van der Waals surface area contributed by atoms with Crippen molar-refractivity contribution in [2.45, 2.75) is 31.7 Å². The molecular formula is C16H24N2O2. The van der Waals surface area contributed by atoms with E-state index in [1.165, 1.54) is 5.56 Å². The lowest BCUT2D eigenvalue weighted by atomic mass is 9.76. The first-order chi connectivity index (χ1) is 9.63. The van der Waals surface area contributed by atoms with Gasteiger partial charge in [-0.3, -0.25) is 4.79 Å². The minimum Gasteiger partial charge on any atom is -0.497 e. The van der Waals surface area contributed by atoms with Gasteiger partial charge in [0.05, 0.1) is 13.7 Å². The highest BCUT2D eigenvalue weighted by Gasteiger charge is 2.30. The summed E-state index contributed by atoms with van der Waals surface area (Å²) in [5.41, 5.74) is 1.36. The summed E-state index contributed by atoms with van der Waals surface area (Å²) in [4.78, 5) is 13.4. The Morgan fingerprint density at radius 2 is 2.00 bits per heavy atom. The zero-order valence-corrected chi connectivity index (χ0v) is 12.6. The maximum absolute atomic E-state index is 11.7. The van der Waals surface area contributed by atoms with Gasteiger partial charge in [0.25, 0.3) is 0 Å². The molecule has 4 nitrogen and oxygen atoms in total. The number of amides is 1. The molecule has 0 atom stereocenters. The maximum Gasteiger partial charge on any atom is 0.236 e. The molecule has 1 aliphatic carbocycles. The van der Waals surface area contributed by atoms with E-state index >= 15 is 0 Å². The fourth-order valence-electron chi connectivity index (χ4n) is 2.48. The molecule has 1 aliphatic rings. The summed E-state index contributed by atoms with van der Waals surface area (Å²) in [6.45, 7) is 3.20. The van der Waals surface area contributed by atoms with Crippen LogP contribution >= 0.6 is 0 Å². The second kappa shape index (κ2) is 6.75. The standard InChI is InChI=1S/C16H24N2O2/c1-4-18(2)16(19)11-17-14-9-13(10-14)12-5-7-15(20-3)8-6-12/h5-8,13-14,17H,4,9-11H2,1-3H3. The minimum atomic E-state index is 0.167. The number of carbonyl (C=O) groups excluding carboxylic acids is 1. The zero-order chi connectivity index (χ0) is 14.5. The van der Waals surface area contributed by atoms with Crippen molar-refractivity contribution in [1.82, 2.24) is 10.2 Å². The van der Waals surface area contributed by atoms with E-state index in [4.69, 9.17) is 4.74 Å². The summed E-state index contributed by atoms with van der Waals surface area (Å²) in [5.74, 6) is 1.67. The van der Waals surface area contributed by atoms with Crippen molar-refractivity contribution in [3.05, 3.63) is 29.8 Å². The van der Waals surface area contributed by atoms with Gasteiger partial charge in [-0.25, -0.2) is 0 Å². The zero-order valence-electron chi connectivity index (χ0n) is 12.6. The van der Waals surface area contributed by atoms with Gasteiger partial charge in [0.2, 0.25) is 5.91 Å². The summed E-state index contributed by atoms with van der Waals surface area (Å²) in [6, 6.07) is 8.76. The van der Waals surface area contributed by atoms with Gasteiger partial charge in [-0.15, -0.1) is 0 Å². The molecule has 0 bridgehead atoms. The van der Waals surface area contributed by atoms with Crippen molar-refractivity contribution >= 4 is 5.91 Å². The molecule has 110 valence electrons. The number of hydrogen-bond donors (Lipinski definition) is 1. The Morgan fingerprint density at radius 3 is 2.55 bits per heavy atom. The van der Waals surface area contributed by atoms with Crippen LogP contribution < -0.4 is 10.1 Å². The molecule has 1 saturated carbocycles. The molecule has 4 heteroatoms. The third kappa shape index (κ3) is 3.51. The number of nitrogens with one attached hydrogen (secondary N) is 1. The van der Waals surface area contributed by atoms with Crippen LogP contribution in [0.5, 0.6) is 5.75 Å². The summed E-state index contributed by atoms with van der Waals surface area (Å²) in [6.07, 6.45) is 2.21. The van der Waals surface area contributed by atoms with Crippen molar-refractivity contribution in [3.63, 3.8) is 0 Å². The van der Waals surface area contributed by atoms with E-state index in [0.29, 0.717) is 18.5 Å². The molecule has 0 saturated heterocycles. The predicted octanol–water partition coefficient (Wildman–Crippen LogP) is 2.01. The van der Waals surface area contributed by atoms with Crippen LogP contribution in [0.2, 0.25) is 0 Å². The molecule has 0 aromatic heterocycles. The molecule has 20 heavy (non-hydrogen) atoms. The minimum absolute atomic E-state index is 0.167. The van der Waals surface area contributed by atoms with E-state index in [1.807, 2.05) is 26.1 Å². The van der Waals surface area contributed by atoms with Gasteiger partial charge < -0.3 is 15.0 Å². The van der Waals surface area contributed by atoms with Gasteiger partial charge in [-0.05, 0) is 43.4 Å². The lowest BCUT2D eigenvalue weighted by molar-refractivity contribution is -0.129. The number of carbonyl (C=O) groups is 1. The van der Waals surface area contributed by atoms with Gasteiger partial charge >= 0.3 is 0 Å². The lowest BCUT2D eigenvalue weighted by Crippen LogP contribution is -2.45. The van der Waals surface area contributed by atoms with Crippen LogP contribution in [0, 0.1) is 0 Å². The van der Waals surface area contributed by atoms with Crippen molar-refractivity contribution < 1.29 is 9.53 Å². The second-order valence-corrected chi connectivity index (χ2v) is 5.43. The monoisotopic (exact) mass is 276 g/mol. The molecule has 1 amide bonds. The van der Waals surface area contributed by atoms with Crippen LogP contribution in [-0.2, 0) is 4.79 Å². The van der Waals surface area contributed by atoms with E-state index in [9.17, 15) is 4.79 Å². The van der Waals surface area contributed by atoms with E-state index in [1.54, 1.807) is 12.0 Å². The highest BCUT2D eigenvalue weighted by Crippen LogP contribution is 2.37. The van der Waals surface area contributed by atoms with Crippen LogP contribution in [0.25, 0.3) is 0 Å².